The lowest BCUT2D eigenvalue weighted by Crippen LogP contribution is -2.03. The number of anilines is 1. The van der Waals surface area contributed by atoms with Gasteiger partial charge in [0.05, 0.1) is 6.54 Å². The van der Waals surface area contributed by atoms with Crippen molar-refractivity contribution in [1.29, 1.82) is 0 Å². The van der Waals surface area contributed by atoms with E-state index in [0.29, 0.717) is 0 Å². The summed E-state index contributed by atoms with van der Waals surface area (Å²) < 4.78 is 0. The van der Waals surface area contributed by atoms with Gasteiger partial charge in [-0.05, 0) is 35.7 Å². The SMILES string of the molecule is c1ccc(Cc2ccccc2NCc2ccc[nH]2)cc1. The van der Waals surface area contributed by atoms with Gasteiger partial charge in [-0.2, -0.15) is 0 Å². The molecule has 2 nitrogen and oxygen atoms in total. The average Bonchev–Trinajstić information content (AvgIpc) is 3.01. The molecule has 1 heterocycles. The van der Waals surface area contributed by atoms with Crippen molar-refractivity contribution in [2.45, 2.75) is 13.0 Å². The molecule has 1 aromatic heterocycles. The Morgan fingerprint density at radius 2 is 1.60 bits per heavy atom. The van der Waals surface area contributed by atoms with E-state index >= 15 is 0 Å². The van der Waals surface area contributed by atoms with Gasteiger partial charge in [0.15, 0.2) is 0 Å². The number of hydrogen-bond acceptors (Lipinski definition) is 1. The molecule has 2 N–H and O–H groups in total. The van der Waals surface area contributed by atoms with Crippen LogP contribution in [0.15, 0.2) is 72.9 Å². The van der Waals surface area contributed by atoms with E-state index in [1.807, 2.05) is 12.3 Å². The van der Waals surface area contributed by atoms with E-state index in [2.05, 4.69) is 71.0 Å². The number of para-hydroxylation sites is 1. The van der Waals surface area contributed by atoms with Crippen molar-refractivity contribution in [2.24, 2.45) is 0 Å². The van der Waals surface area contributed by atoms with Gasteiger partial charge in [0.25, 0.3) is 0 Å². The third-order valence-electron chi connectivity index (χ3n) is 3.39. The number of aromatic nitrogens is 1. The van der Waals surface area contributed by atoms with Crippen molar-refractivity contribution in [3.63, 3.8) is 0 Å². The zero-order valence-electron chi connectivity index (χ0n) is 11.3. The second kappa shape index (κ2) is 6.11. The predicted octanol–water partition coefficient (Wildman–Crippen LogP) is 4.22. The molecule has 100 valence electrons. The van der Waals surface area contributed by atoms with E-state index < -0.39 is 0 Å². The molecule has 0 saturated heterocycles. The van der Waals surface area contributed by atoms with E-state index in [1.54, 1.807) is 0 Å². The molecular weight excluding hydrogens is 244 g/mol. The van der Waals surface area contributed by atoms with Crippen LogP contribution in [0, 0.1) is 0 Å². The van der Waals surface area contributed by atoms with Gasteiger partial charge in [-0.3, -0.25) is 0 Å². The summed E-state index contributed by atoms with van der Waals surface area (Å²) in [6.07, 6.45) is 2.90. The number of H-pyrrole nitrogens is 1. The Hall–Kier alpha value is -2.48. The van der Waals surface area contributed by atoms with Crippen molar-refractivity contribution >= 4 is 5.69 Å². The molecule has 0 atom stereocenters. The largest absolute Gasteiger partial charge is 0.379 e. The maximum absolute atomic E-state index is 3.50. The molecule has 20 heavy (non-hydrogen) atoms. The Morgan fingerprint density at radius 1 is 0.800 bits per heavy atom. The van der Waals surface area contributed by atoms with Gasteiger partial charge in [-0.25, -0.2) is 0 Å². The van der Waals surface area contributed by atoms with Crippen molar-refractivity contribution < 1.29 is 0 Å². The first-order valence-corrected chi connectivity index (χ1v) is 6.90. The zero-order chi connectivity index (χ0) is 13.6. The summed E-state index contributed by atoms with van der Waals surface area (Å²) in [6.45, 7) is 0.818. The topological polar surface area (TPSA) is 27.8 Å². The van der Waals surface area contributed by atoms with Gasteiger partial charge >= 0.3 is 0 Å². The minimum absolute atomic E-state index is 0.818. The molecule has 0 aliphatic heterocycles. The molecule has 2 aromatic carbocycles. The number of aromatic amines is 1. The molecule has 0 bridgehead atoms. The molecule has 0 saturated carbocycles. The number of hydrogen-bond donors (Lipinski definition) is 2. The highest BCUT2D eigenvalue weighted by Gasteiger charge is 2.03. The maximum atomic E-state index is 3.50. The fourth-order valence-electron chi connectivity index (χ4n) is 2.33. The highest BCUT2D eigenvalue weighted by Crippen LogP contribution is 2.19. The molecule has 2 heteroatoms. The third-order valence-corrected chi connectivity index (χ3v) is 3.39. The smallest absolute Gasteiger partial charge is 0.0551 e. The predicted molar refractivity (Wildman–Crippen MR) is 83.8 cm³/mol. The zero-order valence-corrected chi connectivity index (χ0v) is 11.3. The highest BCUT2D eigenvalue weighted by atomic mass is 14.9. The molecule has 0 amide bonds. The third kappa shape index (κ3) is 3.09. The van der Waals surface area contributed by atoms with Crippen LogP contribution in [0.5, 0.6) is 0 Å². The van der Waals surface area contributed by atoms with Crippen LogP contribution < -0.4 is 5.32 Å². The molecule has 0 fully saturated rings. The Kier molecular flexibility index (Phi) is 3.83. The molecule has 0 aliphatic rings. The van der Waals surface area contributed by atoms with E-state index in [1.165, 1.54) is 22.5 Å². The summed E-state index contributed by atoms with van der Waals surface area (Å²) in [6, 6.07) is 23.2. The first-order valence-electron chi connectivity index (χ1n) is 6.90. The van der Waals surface area contributed by atoms with Crippen LogP contribution in [0.1, 0.15) is 16.8 Å². The molecule has 3 aromatic rings. The van der Waals surface area contributed by atoms with Crippen molar-refractivity contribution in [1.82, 2.24) is 4.98 Å². The number of benzene rings is 2. The van der Waals surface area contributed by atoms with Crippen molar-refractivity contribution in [3.05, 3.63) is 89.7 Å². The van der Waals surface area contributed by atoms with Gasteiger partial charge in [0, 0.05) is 17.6 Å². The molecule has 3 rings (SSSR count). The highest BCUT2D eigenvalue weighted by molar-refractivity contribution is 5.52. The quantitative estimate of drug-likeness (QED) is 0.708. The van der Waals surface area contributed by atoms with Crippen LogP contribution in [-0.4, -0.2) is 4.98 Å². The lowest BCUT2D eigenvalue weighted by atomic mass is 10.0. The van der Waals surface area contributed by atoms with Crippen LogP contribution in [0.3, 0.4) is 0 Å². The fourth-order valence-corrected chi connectivity index (χ4v) is 2.33. The first kappa shape index (κ1) is 12.5. The molecule has 0 unspecified atom stereocenters. The summed E-state index contributed by atoms with van der Waals surface area (Å²) in [4.78, 5) is 3.21. The summed E-state index contributed by atoms with van der Waals surface area (Å²) in [5.74, 6) is 0. The average molecular weight is 262 g/mol. The van der Waals surface area contributed by atoms with Crippen LogP contribution in [0.2, 0.25) is 0 Å². The maximum Gasteiger partial charge on any atom is 0.0551 e. The van der Waals surface area contributed by atoms with Gasteiger partial charge < -0.3 is 10.3 Å². The monoisotopic (exact) mass is 262 g/mol. The second-order valence-corrected chi connectivity index (χ2v) is 4.87. The number of nitrogens with one attached hydrogen (secondary N) is 2. The normalized spacial score (nSPS) is 10.4. The second-order valence-electron chi connectivity index (χ2n) is 4.87. The molecule has 0 radical (unpaired) electrons. The van der Waals surface area contributed by atoms with Gasteiger partial charge in [0.2, 0.25) is 0 Å². The lowest BCUT2D eigenvalue weighted by molar-refractivity contribution is 1.06. The first-order chi connectivity index (χ1) is 9.92. The van der Waals surface area contributed by atoms with Gasteiger partial charge in [0.1, 0.15) is 0 Å². The minimum Gasteiger partial charge on any atom is -0.379 e. The number of rotatable bonds is 5. The van der Waals surface area contributed by atoms with E-state index in [-0.39, 0.29) is 0 Å². The van der Waals surface area contributed by atoms with E-state index in [0.717, 1.165) is 13.0 Å². The Labute approximate surface area is 119 Å². The molecule has 0 aliphatic carbocycles. The minimum atomic E-state index is 0.818. The molecule has 0 spiro atoms. The van der Waals surface area contributed by atoms with Gasteiger partial charge in [-0.15, -0.1) is 0 Å². The summed E-state index contributed by atoms with van der Waals surface area (Å²) in [5, 5.41) is 3.50. The van der Waals surface area contributed by atoms with Gasteiger partial charge in [-0.1, -0.05) is 48.5 Å². The summed E-state index contributed by atoms with van der Waals surface area (Å²) in [5.41, 5.74) is 5.05. The Morgan fingerprint density at radius 3 is 2.40 bits per heavy atom. The van der Waals surface area contributed by atoms with Crippen LogP contribution in [-0.2, 0) is 13.0 Å². The lowest BCUT2D eigenvalue weighted by Gasteiger charge is -2.11. The van der Waals surface area contributed by atoms with E-state index in [4.69, 9.17) is 0 Å². The summed E-state index contributed by atoms with van der Waals surface area (Å²) in [7, 11) is 0. The van der Waals surface area contributed by atoms with Crippen LogP contribution >= 0.6 is 0 Å². The Bertz CT molecular complexity index is 642. The fraction of sp³-hybridized carbons (Fsp3) is 0.111. The Balaban J connectivity index is 1.74. The van der Waals surface area contributed by atoms with Crippen LogP contribution in [0.4, 0.5) is 5.69 Å². The molecular formula is C18H18N2. The van der Waals surface area contributed by atoms with Crippen molar-refractivity contribution in [3.8, 4) is 0 Å². The summed E-state index contributed by atoms with van der Waals surface area (Å²) >= 11 is 0. The van der Waals surface area contributed by atoms with E-state index in [9.17, 15) is 0 Å². The standard InChI is InChI=1S/C18H18N2/c1-2-7-15(8-3-1)13-16-9-4-5-11-18(16)20-14-17-10-6-12-19-17/h1-12,19-20H,13-14H2. The van der Waals surface area contributed by atoms with Crippen molar-refractivity contribution in [2.75, 3.05) is 5.32 Å². The van der Waals surface area contributed by atoms with Crippen LogP contribution in [0.25, 0.3) is 0 Å².